The van der Waals surface area contributed by atoms with Crippen LogP contribution >= 0.6 is 11.8 Å². The van der Waals surface area contributed by atoms with E-state index in [9.17, 15) is 9.59 Å². The normalized spacial score (nSPS) is 18.6. The molecule has 142 valence electrons. The van der Waals surface area contributed by atoms with Gasteiger partial charge in [-0.3, -0.25) is 9.59 Å². The Kier molecular flexibility index (Phi) is 8.75. The van der Waals surface area contributed by atoms with Gasteiger partial charge in [0, 0.05) is 25.1 Å². The van der Waals surface area contributed by atoms with Crippen molar-refractivity contribution in [1.82, 2.24) is 4.90 Å². The molecule has 1 amide bonds. The van der Waals surface area contributed by atoms with E-state index in [0.29, 0.717) is 18.8 Å². The molecular formula is C21H29NO3S. The number of carbonyl (C=O) groups is 2. The number of amides is 1. The zero-order chi connectivity index (χ0) is 18.8. The van der Waals surface area contributed by atoms with Crippen LogP contribution in [0.2, 0.25) is 0 Å². The Morgan fingerprint density at radius 2 is 2.12 bits per heavy atom. The van der Waals surface area contributed by atoms with Crippen molar-refractivity contribution in [2.24, 2.45) is 0 Å². The van der Waals surface area contributed by atoms with E-state index in [4.69, 9.17) is 5.11 Å². The van der Waals surface area contributed by atoms with Gasteiger partial charge in [-0.05, 0) is 36.5 Å². The summed E-state index contributed by atoms with van der Waals surface area (Å²) >= 11 is 1.73. The molecule has 1 aromatic rings. The van der Waals surface area contributed by atoms with Gasteiger partial charge in [-0.15, -0.1) is 0 Å². The molecule has 0 bridgehead atoms. The fourth-order valence-electron chi connectivity index (χ4n) is 3.19. The second kappa shape index (κ2) is 11.1. The van der Waals surface area contributed by atoms with Crippen molar-refractivity contribution in [3.63, 3.8) is 0 Å². The van der Waals surface area contributed by atoms with Crippen LogP contribution in [0.5, 0.6) is 0 Å². The van der Waals surface area contributed by atoms with Crippen LogP contribution in [0.1, 0.15) is 50.5 Å². The highest BCUT2D eigenvalue weighted by atomic mass is 32.2. The molecule has 0 aliphatic carbocycles. The summed E-state index contributed by atoms with van der Waals surface area (Å²) in [6.07, 6.45) is 7.83. The van der Waals surface area contributed by atoms with E-state index < -0.39 is 5.97 Å². The number of hydrogen-bond acceptors (Lipinski definition) is 3. The molecule has 1 fully saturated rings. The number of carbonyl (C=O) groups excluding carboxylic acids is 1. The second-order valence-corrected chi connectivity index (χ2v) is 8.00. The van der Waals surface area contributed by atoms with Crippen LogP contribution in [0.25, 0.3) is 0 Å². The number of allylic oxidation sites excluding steroid dienone is 1. The van der Waals surface area contributed by atoms with Gasteiger partial charge in [-0.1, -0.05) is 49.4 Å². The third-order valence-electron chi connectivity index (χ3n) is 4.75. The Bertz CT molecular complexity index is 603. The summed E-state index contributed by atoms with van der Waals surface area (Å²) in [5.74, 6) is 1.68. The van der Waals surface area contributed by atoms with Gasteiger partial charge in [-0.25, -0.2) is 0 Å². The Morgan fingerprint density at radius 3 is 2.85 bits per heavy atom. The van der Waals surface area contributed by atoms with E-state index in [0.717, 1.165) is 30.9 Å². The predicted octanol–water partition coefficient (Wildman–Crippen LogP) is 4.33. The maximum absolute atomic E-state index is 12.1. The number of likely N-dealkylation sites (tertiary alicyclic amines) is 1. The van der Waals surface area contributed by atoms with Crippen LogP contribution in [0, 0.1) is 0 Å². The highest BCUT2D eigenvalue weighted by molar-refractivity contribution is 7.99. The molecule has 1 aliphatic heterocycles. The van der Waals surface area contributed by atoms with Gasteiger partial charge in [0.15, 0.2) is 0 Å². The number of carboxylic acids is 1. The first-order valence-electron chi connectivity index (χ1n) is 9.38. The molecule has 26 heavy (non-hydrogen) atoms. The molecule has 0 saturated carbocycles. The van der Waals surface area contributed by atoms with E-state index >= 15 is 0 Å². The lowest BCUT2D eigenvalue weighted by atomic mass is 9.97. The average Bonchev–Trinajstić information content (AvgIpc) is 2.98. The first-order valence-corrected chi connectivity index (χ1v) is 10.5. The number of hydrogen-bond donors (Lipinski definition) is 1. The molecule has 0 unspecified atom stereocenters. The summed E-state index contributed by atoms with van der Waals surface area (Å²) in [4.78, 5) is 24.6. The Balaban J connectivity index is 1.73. The van der Waals surface area contributed by atoms with Gasteiger partial charge < -0.3 is 10.0 Å². The van der Waals surface area contributed by atoms with Crippen molar-refractivity contribution in [2.45, 2.75) is 51.0 Å². The van der Waals surface area contributed by atoms with Crippen molar-refractivity contribution in [3.05, 3.63) is 48.0 Å². The molecule has 1 aliphatic rings. The monoisotopic (exact) mass is 375 g/mol. The smallest absolute Gasteiger partial charge is 0.303 e. The predicted molar refractivity (Wildman–Crippen MR) is 108 cm³/mol. The first kappa shape index (κ1) is 20.6. The van der Waals surface area contributed by atoms with E-state index in [1.807, 2.05) is 11.0 Å². The lowest BCUT2D eigenvalue weighted by Gasteiger charge is -2.22. The van der Waals surface area contributed by atoms with E-state index in [1.165, 1.54) is 5.56 Å². The number of thioether (sulfide) groups is 1. The second-order valence-electron chi connectivity index (χ2n) is 6.78. The number of aliphatic carboxylic acids is 1. The van der Waals surface area contributed by atoms with Crippen LogP contribution in [0.15, 0.2) is 42.5 Å². The molecular weight excluding hydrogens is 346 g/mol. The topological polar surface area (TPSA) is 57.6 Å². The third kappa shape index (κ3) is 6.87. The summed E-state index contributed by atoms with van der Waals surface area (Å²) in [7, 11) is 0. The van der Waals surface area contributed by atoms with Gasteiger partial charge >= 0.3 is 5.97 Å². The first-order chi connectivity index (χ1) is 12.6. The SMILES string of the molecule is C[C@@H](C/C=C/[C@H]1CCC(=O)N1CCSCCCC(=O)O)c1ccccc1. The molecule has 0 spiro atoms. The minimum Gasteiger partial charge on any atom is -0.481 e. The molecule has 1 saturated heterocycles. The fraction of sp³-hybridized carbons (Fsp3) is 0.524. The average molecular weight is 376 g/mol. The van der Waals surface area contributed by atoms with Crippen molar-refractivity contribution >= 4 is 23.6 Å². The zero-order valence-electron chi connectivity index (χ0n) is 15.5. The van der Waals surface area contributed by atoms with Crippen LogP contribution in [-0.2, 0) is 9.59 Å². The van der Waals surface area contributed by atoms with E-state index in [1.54, 1.807) is 11.8 Å². The molecule has 1 heterocycles. The van der Waals surface area contributed by atoms with Crippen LogP contribution in [0.4, 0.5) is 0 Å². The van der Waals surface area contributed by atoms with Crippen LogP contribution < -0.4 is 0 Å². The lowest BCUT2D eigenvalue weighted by Crippen LogP contribution is -2.33. The Morgan fingerprint density at radius 1 is 1.35 bits per heavy atom. The van der Waals surface area contributed by atoms with Crippen molar-refractivity contribution in [1.29, 1.82) is 0 Å². The van der Waals surface area contributed by atoms with Gasteiger partial charge in [0.25, 0.3) is 0 Å². The number of benzene rings is 1. The standard InChI is InChI=1S/C21H29NO3S/c1-17(18-8-3-2-4-9-18)7-5-10-19-12-13-20(23)22(19)14-16-26-15-6-11-21(24)25/h2-5,8-10,17,19H,6-7,11-16H2,1H3,(H,24,25)/b10-5+/t17-,19-/m0/s1. The fourth-order valence-corrected chi connectivity index (χ4v) is 4.07. The van der Waals surface area contributed by atoms with Crippen molar-refractivity contribution in [2.75, 3.05) is 18.1 Å². The Labute approximate surface area is 160 Å². The van der Waals surface area contributed by atoms with Gasteiger partial charge in [0.1, 0.15) is 0 Å². The highest BCUT2D eigenvalue weighted by Gasteiger charge is 2.28. The molecule has 0 aromatic heterocycles. The maximum Gasteiger partial charge on any atom is 0.303 e. The number of nitrogens with zero attached hydrogens (tertiary/aromatic N) is 1. The number of rotatable bonds is 11. The van der Waals surface area contributed by atoms with Gasteiger partial charge in [0.2, 0.25) is 5.91 Å². The van der Waals surface area contributed by atoms with Crippen molar-refractivity contribution < 1.29 is 14.7 Å². The van der Waals surface area contributed by atoms with Crippen molar-refractivity contribution in [3.8, 4) is 0 Å². The van der Waals surface area contributed by atoms with Crippen LogP contribution in [0.3, 0.4) is 0 Å². The van der Waals surface area contributed by atoms with Gasteiger partial charge in [0.05, 0.1) is 6.04 Å². The summed E-state index contributed by atoms with van der Waals surface area (Å²) < 4.78 is 0. The maximum atomic E-state index is 12.1. The summed E-state index contributed by atoms with van der Waals surface area (Å²) in [6, 6.07) is 10.7. The minimum absolute atomic E-state index is 0.213. The van der Waals surface area contributed by atoms with Crippen LogP contribution in [-0.4, -0.2) is 46.0 Å². The molecule has 1 N–H and O–H groups in total. The van der Waals surface area contributed by atoms with E-state index in [2.05, 4.69) is 43.3 Å². The summed E-state index contributed by atoms with van der Waals surface area (Å²) in [5.41, 5.74) is 1.34. The minimum atomic E-state index is -0.741. The summed E-state index contributed by atoms with van der Waals surface area (Å²) in [5, 5.41) is 8.64. The number of carboxylic acid groups (broad SMARTS) is 1. The largest absolute Gasteiger partial charge is 0.481 e. The molecule has 2 atom stereocenters. The lowest BCUT2D eigenvalue weighted by molar-refractivity contribution is -0.137. The molecule has 0 radical (unpaired) electrons. The Hall–Kier alpha value is -1.75. The molecule has 2 rings (SSSR count). The molecule has 1 aromatic carbocycles. The highest BCUT2D eigenvalue weighted by Crippen LogP contribution is 2.23. The third-order valence-corrected chi connectivity index (χ3v) is 5.80. The molecule has 4 nitrogen and oxygen atoms in total. The van der Waals surface area contributed by atoms with E-state index in [-0.39, 0.29) is 18.4 Å². The summed E-state index contributed by atoms with van der Waals surface area (Å²) in [6.45, 7) is 2.98. The van der Waals surface area contributed by atoms with Gasteiger partial charge in [-0.2, -0.15) is 11.8 Å². The molecule has 5 heteroatoms. The quantitative estimate of drug-likeness (QED) is 0.462. The zero-order valence-corrected chi connectivity index (χ0v) is 16.3.